The van der Waals surface area contributed by atoms with E-state index in [1.807, 2.05) is 30.1 Å². The monoisotopic (exact) mass is 327 g/mol. The summed E-state index contributed by atoms with van der Waals surface area (Å²) in [6, 6.07) is 7.07. The van der Waals surface area contributed by atoms with E-state index >= 15 is 0 Å². The highest BCUT2D eigenvalue weighted by Crippen LogP contribution is 2.17. The third-order valence-electron chi connectivity index (χ3n) is 4.69. The molecule has 0 bridgehead atoms. The van der Waals surface area contributed by atoms with Crippen molar-refractivity contribution in [1.29, 1.82) is 5.26 Å². The molecule has 3 rings (SSSR count). The fourth-order valence-corrected chi connectivity index (χ4v) is 3.17. The molecule has 6 heteroatoms. The molecule has 1 aliphatic heterocycles. The molecule has 1 aliphatic rings. The first kappa shape index (κ1) is 16.6. The molecule has 2 aromatic rings. The number of aromatic nitrogens is 2. The second-order valence-corrected chi connectivity index (χ2v) is 6.43. The molecule has 1 fully saturated rings. The Labute approximate surface area is 141 Å². The van der Waals surface area contributed by atoms with Crippen LogP contribution in [0.1, 0.15) is 23.9 Å². The van der Waals surface area contributed by atoms with Gasteiger partial charge in [0.05, 0.1) is 18.2 Å². The van der Waals surface area contributed by atoms with Gasteiger partial charge in [0.1, 0.15) is 11.6 Å². The highest BCUT2D eigenvalue weighted by molar-refractivity contribution is 5.32. The summed E-state index contributed by atoms with van der Waals surface area (Å²) in [5.74, 6) is 0.769. The molecule has 0 saturated carbocycles. The minimum Gasteiger partial charge on any atom is -0.337 e. The Balaban J connectivity index is 1.59. The van der Waals surface area contributed by atoms with Crippen molar-refractivity contribution in [3.63, 3.8) is 0 Å². The number of nitriles is 1. The molecule has 2 heterocycles. The van der Waals surface area contributed by atoms with Crippen LogP contribution in [0.15, 0.2) is 30.6 Å². The standard InChI is InChI=1S/C18H22FN5/c1-14-11-23(12-16-4-3-15(10-20)9-17(16)19)7-8-24(14)13-18-21-5-6-22(18)2/h3-6,9,14H,7-8,11-13H2,1-2H3/t14-/m0/s1. The molecular formula is C18H22FN5. The Bertz CT molecular complexity index is 748. The Hall–Kier alpha value is -2.23. The number of imidazole rings is 1. The number of benzene rings is 1. The largest absolute Gasteiger partial charge is 0.337 e. The van der Waals surface area contributed by atoms with Gasteiger partial charge in [0, 0.05) is 57.2 Å². The number of hydrogen-bond acceptors (Lipinski definition) is 4. The lowest BCUT2D eigenvalue weighted by atomic mass is 10.1. The SMILES string of the molecule is C[C@H]1CN(Cc2ccc(C#N)cc2F)CCN1Cc1nccn1C. The predicted molar refractivity (Wildman–Crippen MR) is 89.5 cm³/mol. The van der Waals surface area contributed by atoms with Crippen molar-refractivity contribution in [3.05, 3.63) is 53.4 Å². The molecule has 5 nitrogen and oxygen atoms in total. The minimum absolute atomic E-state index is 0.294. The zero-order chi connectivity index (χ0) is 17.1. The molecule has 0 aliphatic carbocycles. The molecule has 0 N–H and O–H groups in total. The summed E-state index contributed by atoms with van der Waals surface area (Å²) in [7, 11) is 2.01. The van der Waals surface area contributed by atoms with E-state index in [9.17, 15) is 4.39 Å². The number of halogens is 1. The van der Waals surface area contributed by atoms with Gasteiger partial charge in [-0.3, -0.25) is 9.80 Å². The van der Waals surface area contributed by atoms with Crippen LogP contribution in [0.25, 0.3) is 0 Å². The van der Waals surface area contributed by atoms with Gasteiger partial charge in [-0.2, -0.15) is 5.26 Å². The maximum Gasteiger partial charge on any atom is 0.129 e. The molecule has 1 atom stereocenters. The van der Waals surface area contributed by atoms with Gasteiger partial charge in [-0.1, -0.05) is 6.07 Å². The van der Waals surface area contributed by atoms with E-state index in [2.05, 4.69) is 21.7 Å². The first-order chi connectivity index (χ1) is 11.6. The van der Waals surface area contributed by atoms with Gasteiger partial charge in [0.25, 0.3) is 0 Å². The third kappa shape index (κ3) is 3.64. The van der Waals surface area contributed by atoms with Crippen molar-refractivity contribution < 1.29 is 4.39 Å². The predicted octanol–water partition coefficient (Wildman–Crippen LogP) is 2.14. The van der Waals surface area contributed by atoms with Gasteiger partial charge in [-0.15, -0.1) is 0 Å². The molecule has 0 radical (unpaired) electrons. The first-order valence-electron chi connectivity index (χ1n) is 8.18. The maximum atomic E-state index is 14.1. The Morgan fingerprint density at radius 1 is 1.33 bits per heavy atom. The molecule has 0 spiro atoms. The lowest BCUT2D eigenvalue weighted by Crippen LogP contribution is -2.51. The van der Waals surface area contributed by atoms with Crippen LogP contribution in [-0.2, 0) is 20.1 Å². The Kier molecular flexibility index (Phi) is 4.93. The van der Waals surface area contributed by atoms with Crippen LogP contribution in [0, 0.1) is 17.1 Å². The average molecular weight is 327 g/mol. The summed E-state index contributed by atoms with van der Waals surface area (Å²) in [5.41, 5.74) is 1.02. The smallest absolute Gasteiger partial charge is 0.129 e. The van der Waals surface area contributed by atoms with Crippen LogP contribution in [0.3, 0.4) is 0 Å². The molecule has 1 aromatic carbocycles. The molecular weight excluding hydrogens is 305 g/mol. The first-order valence-corrected chi connectivity index (χ1v) is 8.18. The van der Waals surface area contributed by atoms with Crippen molar-refractivity contribution in [3.8, 4) is 6.07 Å². The van der Waals surface area contributed by atoms with Gasteiger partial charge in [0.15, 0.2) is 0 Å². The van der Waals surface area contributed by atoms with E-state index < -0.39 is 0 Å². The van der Waals surface area contributed by atoms with Gasteiger partial charge in [-0.25, -0.2) is 9.37 Å². The van der Waals surface area contributed by atoms with E-state index in [0.29, 0.717) is 23.7 Å². The van der Waals surface area contributed by atoms with Gasteiger partial charge >= 0.3 is 0 Å². The van der Waals surface area contributed by atoms with Crippen LogP contribution in [0.4, 0.5) is 4.39 Å². The topological polar surface area (TPSA) is 48.1 Å². The van der Waals surface area contributed by atoms with Crippen LogP contribution >= 0.6 is 0 Å². The second kappa shape index (κ2) is 7.12. The Morgan fingerprint density at radius 2 is 2.17 bits per heavy atom. The maximum absolute atomic E-state index is 14.1. The molecule has 1 aromatic heterocycles. The summed E-state index contributed by atoms with van der Waals surface area (Å²) in [5, 5.41) is 8.82. The van der Waals surface area contributed by atoms with Crippen molar-refractivity contribution in [1.82, 2.24) is 19.4 Å². The van der Waals surface area contributed by atoms with Crippen molar-refractivity contribution in [2.24, 2.45) is 7.05 Å². The summed E-state index contributed by atoms with van der Waals surface area (Å²) < 4.78 is 16.1. The van der Waals surface area contributed by atoms with Crippen LogP contribution in [0.2, 0.25) is 0 Å². The van der Waals surface area contributed by atoms with Gasteiger partial charge in [0.2, 0.25) is 0 Å². The number of hydrogen-bond donors (Lipinski definition) is 0. The lowest BCUT2D eigenvalue weighted by molar-refractivity contribution is 0.0701. The Morgan fingerprint density at radius 3 is 2.79 bits per heavy atom. The fraction of sp³-hybridized carbons (Fsp3) is 0.444. The van der Waals surface area contributed by atoms with Crippen molar-refractivity contribution >= 4 is 0 Å². The summed E-state index contributed by atoms with van der Waals surface area (Å²) in [4.78, 5) is 9.07. The molecule has 0 unspecified atom stereocenters. The molecule has 0 amide bonds. The lowest BCUT2D eigenvalue weighted by Gasteiger charge is -2.39. The zero-order valence-electron chi connectivity index (χ0n) is 14.1. The van der Waals surface area contributed by atoms with Crippen molar-refractivity contribution in [2.75, 3.05) is 19.6 Å². The van der Waals surface area contributed by atoms with E-state index in [4.69, 9.17) is 5.26 Å². The summed E-state index contributed by atoms with van der Waals surface area (Å²) >= 11 is 0. The van der Waals surface area contributed by atoms with E-state index in [0.717, 1.165) is 32.0 Å². The normalized spacial score (nSPS) is 19.3. The van der Waals surface area contributed by atoms with E-state index in [-0.39, 0.29) is 5.82 Å². The highest BCUT2D eigenvalue weighted by Gasteiger charge is 2.25. The summed E-state index contributed by atoms with van der Waals surface area (Å²) in [6.45, 7) is 6.34. The van der Waals surface area contributed by atoms with Gasteiger partial charge < -0.3 is 4.57 Å². The quantitative estimate of drug-likeness (QED) is 0.863. The van der Waals surface area contributed by atoms with Gasteiger partial charge in [-0.05, 0) is 19.1 Å². The average Bonchev–Trinajstić information content (AvgIpc) is 2.97. The zero-order valence-corrected chi connectivity index (χ0v) is 14.1. The van der Waals surface area contributed by atoms with E-state index in [1.165, 1.54) is 6.07 Å². The third-order valence-corrected chi connectivity index (χ3v) is 4.69. The molecule has 126 valence electrons. The van der Waals surface area contributed by atoms with E-state index in [1.54, 1.807) is 12.1 Å². The minimum atomic E-state index is -0.294. The fourth-order valence-electron chi connectivity index (χ4n) is 3.17. The van der Waals surface area contributed by atoms with Crippen LogP contribution in [-0.4, -0.2) is 45.0 Å². The number of nitrogens with zero attached hydrogens (tertiary/aromatic N) is 5. The highest BCUT2D eigenvalue weighted by atomic mass is 19.1. The van der Waals surface area contributed by atoms with Crippen molar-refractivity contribution in [2.45, 2.75) is 26.1 Å². The summed E-state index contributed by atoms with van der Waals surface area (Å²) in [6.07, 6.45) is 3.79. The number of rotatable bonds is 4. The molecule has 1 saturated heterocycles. The number of piperazine rings is 1. The van der Waals surface area contributed by atoms with Crippen LogP contribution < -0.4 is 0 Å². The second-order valence-electron chi connectivity index (χ2n) is 6.43. The van der Waals surface area contributed by atoms with Crippen LogP contribution in [0.5, 0.6) is 0 Å². The number of aryl methyl sites for hydroxylation is 1. The molecule has 24 heavy (non-hydrogen) atoms.